The average Bonchev–Trinajstić information content (AvgIpc) is 3.32. The first kappa shape index (κ1) is 19.7. The Morgan fingerprint density at radius 1 is 1.23 bits per heavy atom. The van der Waals surface area contributed by atoms with Crippen molar-refractivity contribution in [2.45, 2.75) is 6.92 Å². The fourth-order valence-corrected chi connectivity index (χ4v) is 3.05. The zero-order valence-corrected chi connectivity index (χ0v) is 16.6. The monoisotopic (exact) mass is 410 g/mol. The van der Waals surface area contributed by atoms with Gasteiger partial charge in [0.1, 0.15) is 24.6 Å². The molecule has 0 spiro atoms. The Labute approximate surface area is 173 Å². The van der Waals surface area contributed by atoms with E-state index in [0.717, 1.165) is 18.9 Å². The number of carbonyl (C=O) groups excluding carboxylic acids is 1. The summed E-state index contributed by atoms with van der Waals surface area (Å²) in [6, 6.07) is 8.86. The van der Waals surface area contributed by atoms with E-state index < -0.39 is 0 Å². The Hall–Kier alpha value is -3.60. The molecule has 4 rings (SSSR count). The SMILES string of the molecule is Cc1nc(OCCNC(=O)c2cccc(-n3cnnn3)c2)cc(N2CCOCC2)n1. The van der Waals surface area contributed by atoms with Gasteiger partial charge in [0.05, 0.1) is 25.4 Å². The number of anilines is 1. The summed E-state index contributed by atoms with van der Waals surface area (Å²) >= 11 is 0. The van der Waals surface area contributed by atoms with Crippen molar-refractivity contribution in [1.29, 1.82) is 0 Å². The molecule has 0 bridgehead atoms. The van der Waals surface area contributed by atoms with Gasteiger partial charge in [-0.25, -0.2) is 9.67 Å². The van der Waals surface area contributed by atoms with E-state index in [2.05, 4.69) is 35.7 Å². The standard InChI is InChI=1S/C19H22N8O3/c1-14-22-17(26-6-9-29-10-7-26)12-18(23-14)30-8-5-20-19(28)15-3-2-4-16(11-15)27-13-21-24-25-27/h2-4,11-13H,5-10H2,1H3,(H,20,28). The predicted octanol–water partition coefficient (Wildman–Crippen LogP) is 0.406. The third kappa shape index (κ3) is 4.87. The number of rotatable bonds is 7. The topological polar surface area (TPSA) is 120 Å². The fraction of sp³-hybridized carbons (Fsp3) is 0.368. The lowest BCUT2D eigenvalue weighted by molar-refractivity contribution is 0.0946. The summed E-state index contributed by atoms with van der Waals surface area (Å²) in [6.45, 7) is 5.39. The van der Waals surface area contributed by atoms with Gasteiger partial charge in [-0.3, -0.25) is 4.79 Å². The second-order valence-electron chi connectivity index (χ2n) is 6.62. The van der Waals surface area contributed by atoms with Crippen LogP contribution < -0.4 is 15.0 Å². The number of carbonyl (C=O) groups is 1. The number of amides is 1. The van der Waals surface area contributed by atoms with Gasteiger partial charge >= 0.3 is 0 Å². The van der Waals surface area contributed by atoms with Gasteiger partial charge in [0.2, 0.25) is 5.88 Å². The molecule has 30 heavy (non-hydrogen) atoms. The molecule has 3 heterocycles. The van der Waals surface area contributed by atoms with Gasteiger partial charge in [-0.2, -0.15) is 4.98 Å². The lowest BCUT2D eigenvalue weighted by atomic mass is 10.2. The summed E-state index contributed by atoms with van der Waals surface area (Å²) in [6.07, 6.45) is 1.47. The minimum Gasteiger partial charge on any atom is -0.476 e. The Bertz CT molecular complexity index is 989. The Balaban J connectivity index is 1.30. The molecule has 1 amide bonds. The maximum absolute atomic E-state index is 12.4. The molecule has 0 atom stereocenters. The third-order valence-electron chi connectivity index (χ3n) is 4.50. The molecule has 1 fully saturated rings. The van der Waals surface area contributed by atoms with E-state index in [-0.39, 0.29) is 12.5 Å². The van der Waals surface area contributed by atoms with Crippen molar-refractivity contribution in [2.24, 2.45) is 0 Å². The molecule has 2 aromatic heterocycles. The van der Waals surface area contributed by atoms with Crippen LogP contribution >= 0.6 is 0 Å². The van der Waals surface area contributed by atoms with Crippen molar-refractivity contribution >= 4 is 11.7 Å². The molecule has 1 N–H and O–H groups in total. The highest BCUT2D eigenvalue weighted by Gasteiger charge is 2.14. The summed E-state index contributed by atoms with van der Waals surface area (Å²) in [5.41, 5.74) is 1.21. The van der Waals surface area contributed by atoms with Crippen molar-refractivity contribution in [3.05, 3.63) is 48.0 Å². The largest absolute Gasteiger partial charge is 0.476 e. The van der Waals surface area contributed by atoms with Crippen LogP contribution in [-0.4, -0.2) is 75.5 Å². The molecule has 1 aliphatic heterocycles. The minimum absolute atomic E-state index is 0.207. The van der Waals surface area contributed by atoms with E-state index >= 15 is 0 Å². The van der Waals surface area contributed by atoms with Gasteiger partial charge in [0.25, 0.3) is 5.91 Å². The van der Waals surface area contributed by atoms with Crippen LogP contribution in [0.1, 0.15) is 16.2 Å². The van der Waals surface area contributed by atoms with E-state index in [1.807, 2.05) is 19.1 Å². The van der Waals surface area contributed by atoms with Crippen LogP contribution in [0, 0.1) is 6.92 Å². The van der Waals surface area contributed by atoms with Crippen molar-refractivity contribution in [3.8, 4) is 11.6 Å². The molecule has 11 nitrogen and oxygen atoms in total. The molecule has 156 valence electrons. The van der Waals surface area contributed by atoms with Crippen molar-refractivity contribution < 1.29 is 14.3 Å². The molecular formula is C19H22N8O3. The first-order valence-corrected chi connectivity index (χ1v) is 9.62. The van der Waals surface area contributed by atoms with Crippen LogP contribution in [0.3, 0.4) is 0 Å². The van der Waals surface area contributed by atoms with Gasteiger partial charge in [-0.1, -0.05) is 6.07 Å². The Morgan fingerprint density at radius 3 is 2.90 bits per heavy atom. The van der Waals surface area contributed by atoms with Gasteiger partial charge in [0, 0.05) is 24.7 Å². The lowest BCUT2D eigenvalue weighted by Crippen LogP contribution is -2.37. The molecule has 0 saturated carbocycles. The molecule has 0 unspecified atom stereocenters. The number of nitrogens with one attached hydrogen (secondary N) is 1. The van der Waals surface area contributed by atoms with Crippen molar-refractivity contribution in [2.75, 3.05) is 44.4 Å². The van der Waals surface area contributed by atoms with Crippen LogP contribution in [0.15, 0.2) is 36.7 Å². The number of nitrogens with zero attached hydrogens (tertiary/aromatic N) is 7. The smallest absolute Gasteiger partial charge is 0.251 e. The van der Waals surface area contributed by atoms with Crippen LogP contribution in [0.2, 0.25) is 0 Å². The van der Waals surface area contributed by atoms with Gasteiger partial charge in [-0.15, -0.1) is 5.10 Å². The van der Waals surface area contributed by atoms with Crippen LogP contribution in [-0.2, 0) is 4.74 Å². The highest BCUT2D eigenvalue weighted by molar-refractivity contribution is 5.94. The van der Waals surface area contributed by atoms with E-state index in [9.17, 15) is 4.79 Å². The van der Waals surface area contributed by atoms with Crippen molar-refractivity contribution in [1.82, 2.24) is 35.5 Å². The van der Waals surface area contributed by atoms with E-state index in [1.54, 1.807) is 18.2 Å². The summed E-state index contributed by atoms with van der Waals surface area (Å²) < 4.78 is 12.6. The quantitative estimate of drug-likeness (QED) is 0.552. The van der Waals surface area contributed by atoms with Gasteiger partial charge in [-0.05, 0) is 35.5 Å². The second-order valence-corrected chi connectivity index (χ2v) is 6.62. The molecule has 1 aliphatic rings. The fourth-order valence-electron chi connectivity index (χ4n) is 3.05. The lowest BCUT2D eigenvalue weighted by Gasteiger charge is -2.28. The maximum atomic E-state index is 12.4. The zero-order valence-electron chi connectivity index (χ0n) is 16.6. The maximum Gasteiger partial charge on any atom is 0.251 e. The van der Waals surface area contributed by atoms with Crippen LogP contribution in [0.25, 0.3) is 5.69 Å². The molecule has 11 heteroatoms. The van der Waals surface area contributed by atoms with Crippen LogP contribution in [0.4, 0.5) is 5.82 Å². The molecule has 1 aromatic carbocycles. The third-order valence-corrected chi connectivity index (χ3v) is 4.50. The minimum atomic E-state index is -0.207. The summed E-state index contributed by atoms with van der Waals surface area (Å²) in [5, 5.41) is 13.9. The number of hydrogen-bond donors (Lipinski definition) is 1. The summed E-state index contributed by atoms with van der Waals surface area (Å²) in [4.78, 5) is 23.4. The number of benzene rings is 1. The number of ether oxygens (including phenoxy) is 2. The molecule has 0 radical (unpaired) electrons. The number of tetrazole rings is 1. The van der Waals surface area contributed by atoms with Crippen LogP contribution in [0.5, 0.6) is 5.88 Å². The molecule has 3 aromatic rings. The van der Waals surface area contributed by atoms with E-state index in [4.69, 9.17) is 9.47 Å². The number of aromatic nitrogens is 6. The summed E-state index contributed by atoms with van der Waals surface area (Å²) in [7, 11) is 0. The number of aryl methyl sites for hydroxylation is 1. The second kappa shape index (κ2) is 9.27. The highest BCUT2D eigenvalue weighted by Crippen LogP contribution is 2.18. The number of morpholine rings is 1. The van der Waals surface area contributed by atoms with E-state index in [0.29, 0.717) is 42.7 Å². The highest BCUT2D eigenvalue weighted by atomic mass is 16.5. The van der Waals surface area contributed by atoms with E-state index in [1.165, 1.54) is 11.0 Å². The molecular weight excluding hydrogens is 388 g/mol. The summed E-state index contributed by atoms with van der Waals surface area (Å²) in [5.74, 6) is 1.74. The first-order chi connectivity index (χ1) is 14.7. The normalized spacial score (nSPS) is 13.8. The van der Waals surface area contributed by atoms with Gasteiger partial charge in [0.15, 0.2) is 0 Å². The Kier molecular flexibility index (Phi) is 6.09. The van der Waals surface area contributed by atoms with Gasteiger partial charge < -0.3 is 19.7 Å². The zero-order chi connectivity index (χ0) is 20.8. The molecule has 1 saturated heterocycles. The average molecular weight is 410 g/mol. The first-order valence-electron chi connectivity index (χ1n) is 9.62. The Morgan fingerprint density at radius 2 is 2.10 bits per heavy atom. The predicted molar refractivity (Wildman–Crippen MR) is 107 cm³/mol. The van der Waals surface area contributed by atoms with Crippen molar-refractivity contribution in [3.63, 3.8) is 0 Å². The molecule has 0 aliphatic carbocycles. The number of hydrogen-bond acceptors (Lipinski definition) is 9.